The van der Waals surface area contributed by atoms with E-state index >= 15 is 0 Å². The van der Waals surface area contributed by atoms with Crippen LogP contribution in [-0.4, -0.2) is 37.4 Å². The average Bonchev–Trinajstić information content (AvgIpc) is 2.53. The van der Waals surface area contributed by atoms with E-state index in [1.165, 1.54) is 0 Å². The van der Waals surface area contributed by atoms with Crippen LogP contribution in [-0.2, 0) is 14.3 Å². The van der Waals surface area contributed by atoms with Crippen LogP contribution in [0.3, 0.4) is 0 Å². The first-order valence-corrected chi connectivity index (χ1v) is 8.77. The summed E-state index contributed by atoms with van der Waals surface area (Å²) in [6.45, 7) is 17.1. The molecule has 1 amide bonds. The minimum absolute atomic E-state index is 0.00614. The summed E-state index contributed by atoms with van der Waals surface area (Å²) in [5.41, 5.74) is 4.04. The number of hydrogen-bond donors (Lipinski definition) is 1. The van der Waals surface area contributed by atoms with Crippen LogP contribution in [0, 0.1) is 5.92 Å². The molecule has 0 saturated carbocycles. The second kappa shape index (κ2) is 12.3. The fourth-order valence-electron chi connectivity index (χ4n) is 2.62. The number of carbonyl (C=O) groups is 1. The van der Waals surface area contributed by atoms with E-state index < -0.39 is 0 Å². The van der Waals surface area contributed by atoms with Gasteiger partial charge in [0.05, 0.1) is 18.2 Å². The third-order valence-corrected chi connectivity index (χ3v) is 4.11. The summed E-state index contributed by atoms with van der Waals surface area (Å²) < 4.78 is 11.6. The third kappa shape index (κ3) is 8.95. The third-order valence-electron chi connectivity index (χ3n) is 4.11. The fourth-order valence-corrected chi connectivity index (χ4v) is 2.62. The van der Waals surface area contributed by atoms with Gasteiger partial charge in [-0.15, -0.1) is 5.73 Å². The van der Waals surface area contributed by atoms with Gasteiger partial charge in [-0.05, 0) is 45.6 Å². The Hall–Kier alpha value is -1.09. The van der Waals surface area contributed by atoms with Gasteiger partial charge in [0, 0.05) is 26.1 Å². The molecule has 0 aromatic heterocycles. The molecule has 134 valence electrons. The standard InChI is InChI=1S/C19H35NO3/c1-8-14(5)12-18(23-11-4)15(6)13-17(16(7)22-10-3)20-19(21)9-2/h15-18H,1,9-13H2,2-7H3,(H,20,21). The lowest BCUT2D eigenvalue weighted by molar-refractivity contribution is -0.123. The van der Waals surface area contributed by atoms with Gasteiger partial charge in [0.25, 0.3) is 0 Å². The van der Waals surface area contributed by atoms with Crippen molar-refractivity contribution in [2.24, 2.45) is 5.92 Å². The summed E-state index contributed by atoms with van der Waals surface area (Å²) in [6, 6.07) is -0.00614. The van der Waals surface area contributed by atoms with Gasteiger partial charge in [-0.1, -0.05) is 20.4 Å². The summed E-state index contributed by atoms with van der Waals surface area (Å²) in [5, 5.41) is 3.09. The van der Waals surface area contributed by atoms with Crippen molar-refractivity contribution in [3.63, 3.8) is 0 Å². The maximum absolute atomic E-state index is 11.8. The minimum atomic E-state index is -0.0173. The first-order valence-electron chi connectivity index (χ1n) is 8.77. The van der Waals surface area contributed by atoms with Crippen molar-refractivity contribution in [1.82, 2.24) is 5.32 Å². The van der Waals surface area contributed by atoms with Crippen molar-refractivity contribution < 1.29 is 14.3 Å². The lowest BCUT2D eigenvalue weighted by Gasteiger charge is -2.31. The van der Waals surface area contributed by atoms with E-state index in [0.29, 0.717) is 25.6 Å². The summed E-state index contributed by atoms with van der Waals surface area (Å²) in [6.07, 6.45) is 2.20. The molecule has 23 heavy (non-hydrogen) atoms. The first kappa shape index (κ1) is 21.9. The van der Waals surface area contributed by atoms with Crippen LogP contribution in [0.15, 0.2) is 17.9 Å². The predicted octanol–water partition coefficient (Wildman–Crippen LogP) is 3.86. The normalized spacial score (nSPS) is 16.1. The molecular formula is C19H35NO3. The molecule has 0 spiro atoms. The molecule has 0 rings (SSSR count). The number of ether oxygens (including phenoxy) is 2. The highest BCUT2D eigenvalue weighted by Crippen LogP contribution is 2.22. The van der Waals surface area contributed by atoms with Crippen LogP contribution in [0.5, 0.6) is 0 Å². The SMILES string of the molecule is C=C=C(C)CC(OCC)C(C)CC(NC(=O)CC)C(C)OCC. The second-order valence-electron chi connectivity index (χ2n) is 6.06. The molecule has 4 heteroatoms. The van der Waals surface area contributed by atoms with Crippen molar-refractivity contribution in [1.29, 1.82) is 0 Å². The molecule has 0 saturated heterocycles. The minimum Gasteiger partial charge on any atom is -0.378 e. The molecule has 0 bridgehead atoms. The molecule has 0 heterocycles. The number of amides is 1. The number of carbonyl (C=O) groups excluding carboxylic acids is 1. The highest BCUT2D eigenvalue weighted by Gasteiger charge is 2.26. The van der Waals surface area contributed by atoms with Crippen LogP contribution < -0.4 is 5.32 Å². The van der Waals surface area contributed by atoms with Gasteiger partial charge in [0.15, 0.2) is 0 Å². The van der Waals surface area contributed by atoms with Crippen molar-refractivity contribution in [2.45, 2.75) is 79.1 Å². The lowest BCUT2D eigenvalue weighted by Crippen LogP contribution is -2.45. The van der Waals surface area contributed by atoms with Crippen molar-refractivity contribution in [3.05, 3.63) is 17.9 Å². The molecule has 0 aromatic rings. The Labute approximate surface area is 142 Å². The molecule has 0 aromatic carbocycles. The first-order chi connectivity index (χ1) is 10.9. The number of rotatable bonds is 12. The van der Waals surface area contributed by atoms with Crippen LogP contribution >= 0.6 is 0 Å². The average molecular weight is 325 g/mol. The molecule has 0 aliphatic heterocycles. The van der Waals surface area contributed by atoms with Gasteiger partial charge in [-0.25, -0.2) is 0 Å². The topological polar surface area (TPSA) is 47.6 Å². The highest BCUT2D eigenvalue weighted by atomic mass is 16.5. The van der Waals surface area contributed by atoms with Gasteiger partial charge in [-0.3, -0.25) is 4.79 Å². The monoisotopic (exact) mass is 325 g/mol. The van der Waals surface area contributed by atoms with Crippen LogP contribution in [0.25, 0.3) is 0 Å². The highest BCUT2D eigenvalue weighted by molar-refractivity contribution is 5.75. The fraction of sp³-hybridized carbons (Fsp3) is 0.789. The lowest BCUT2D eigenvalue weighted by atomic mass is 9.90. The maximum Gasteiger partial charge on any atom is 0.220 e. The number of nitrogens with one attached hydrogen (secondary N) is 1. The molecule has 1 N–H and O–H groups in total. The molecule has 0 fully saturated rings. The van der Waals surface area contributed by atoms with E-state index in [1.54, 1.807) is 0 Å². The van der Waals surface area contributed by atoms with Crippen LogP contribution in [0.2, 0.25) is 0 Å². The zero-order chi connectivity index (χ0) is 17.8. The molecule has 0 aliphatic rings. The molecule has 0 aliphatic carbocycles. The van der Waals surface area contributed by atoms with Gasteiger partial charge < -0.3 is 14.8 Å². The molecule has 4 unspecified atom stereocenters. The molecule has 0 radical (unpaired) electrons. The van der Waals surface area contributed by atoms with Crippen LogP contribution in [0.4, 0.5) is 0 Å². The Bertz CT molecular complexity index is 388. The summed E-state index contributed by atoms with van der Waals surface area (Å²) in [7, 11) is 0. The summed E-state index contributed by atoms with van der Waals surface area (Å²) >= 11 is 0. The van der Waals surface area contributed by atoms with Crippen molar-refractivity contribution in [2.75, 3.05) is 13.2 Å². The van der Waals surface area contributed by atoms with E-state index in [1.807, 2.05) is 34.6 Å². The Morgan fingerprint density at radius 3 is 2.26 bits per heavy atom. The van der Waals surface area contributed by atoms with E-state index in [-0.39, 0.29) is 24.2 Å². The Morgan fingerprint density at radius 1 is 1.17 bits per heavy atom. The van der Waals surface area contributed by atoms with E-state index in [2.05, 4.69) is 24.6 Å². The largest absolute Gasteiger partial charge is 0.378 e. The van der Waals surface area contributed by atoms with Gasteiger partial charge in [0.1, 0.15) is 0 Å². The quantitative estimate of drug-likeness (QED) is 0.554. The Balaban J connectivity index is 4.95. The van der Waals surface area contributed by atoms with Gasteiger partial charge in [0.2, 0.25) is 5.91 Å². The molecule has 4 atom stereocenters. The smallest absolute Gasteiger partial charge is 0.220 e. The van der Waals surface area contributed by atoms with Crippen molar-refractivity contribution in [3.8, 4) is 0 Å². The maximum atomic E-state index is 11.8. The van der Waals surface area contributed by atoms with E-state index in [9.17, 15) is 4.79 Å². The van der Waals surface area contributed by atoms with E-state index in [0.717, 1.165) is 18.4 Å². The summed E-state index contributed by atoms with van der Waals surface area (Å²) in [4.78, 5) is 11.8. The van der Waals surface area contributed by atoms with E-state index in [4.69, 9.17) is 9.47 Å². The zero-order valence-electron chi connectivity index (χ0n) is 15.8. The zero-order valence-corrected chi connectivity index (χ0v) is 15.8. The number of hydrogen-bond acceptors (Lipinski definition) is 3. The summed E-state index contributed by atoms with van der Waals surface area (Å²) in [5.74, 6) is 0.354. The molecule has 4 nitrogen and oxygen atoms in total. The van der Waals surface area contributed by atoms with Crippen LogP contribution in [0.1, 0.15) is 60.8 Å². The van der Waals surface area contributed by atoms with Gasteiger partial charge >= 0.3 is 0 Å². The molecular weight excluding hydrogens is 290 g/mol. The Kier molecular flexibility index (Phi) is 11.8. The predicted molar refractivity (Wildman–Crippen MR) is 95.4 cm³/mol. The second-order valence-corrected chi connectivity index (χ2v) is 6.06. The van der Waals surface area contributed by atoms with Crippen molar-refractivity contribution >= 4 is 5.91 Å². The van der Waals surface area contributed by atoms with Gasteiger partial charge in [-0.2, -0.15) is 0 Å². The Morgan fingerprint density at radius 2 is 1.78 bits per heavy atom.